The van der Waals surface area contributed by atoms with E-state index in [4.69, 9.17) is 4.74 Å². The summed E-state index contributed by atoms with van der Waals surface area (Å²) in [5, 5.41) is 9.88. The van der Waals surface area contributed by atoms with E-state index in [2.05, 4.69) is 0 Å². The molecule has 2 aromatic rings. The van der Waals surface area contributed by atoms with Crippen molar-refractivity contribution in [2.75, 3.05) is 6.61 Å². The highest BCUT2D eigenvalue weighted by Crippen LogP contribution is 2.20. The first-order valence-corrected chi connectivity index (χ1v) is 5.97. The van der Waals surface area contributed by atoms with Gasteiger partial charge in [-0.05, 0) is 17.7 Å². The Morgan fingerprint density at radius 1 is 1.05 bits per heavy atom. The maximum Gasteiger partial charge on any atom is 0.167 e. The minimum absolute atomic E-state index is 0.0124. The van der Waals surface area contributed by atoms with Gasteiger partial charge in [-0.1, -0.05) is 30.3 Å². The van der Waals surface area contributed by atoms with Gasteiger partial charge in [0.1, 0.15) is 5.82 Å². The van der Waals surface area contributed by atoms with Crippen LogP contribution in [0.15, 0.2) is 48.5 Å². The largest absolute Gasteiger partial charge is 0.490 e. The molecular formula is C15H14F2O2. The van der Waals surface area contributed by atoms with E-state index in [0.29, 0.717) is 6.42 Å². The molecule has 0 saturated heterocycles. The first-order chi connectivity index (χ1) is 9.16. The molecule has 0 radical (unpaired) electrons. The van der Waals surface area contributed by atoms with Gasteiger partial charge in [-0.25, -0.2) is 8.78 Å². The van der Waals surface area contributed by atoms with Crippen molar-refractivity contribution in [2.45, 2.75) is 12.5 Å². The van der Waals surface area contributed by atoms with Crippen molar-refractivity contribution in [3.8, 4) is 5.75 Å². The molecular weight excluding hydrogens is 250 g/mol. The lowest BCUT2D eigenvalue weighted by Crippen LogP contribution is -2.06. The molecule has 2 rings (SSSR count). The van der Waals surface area contributed by atoms with Crippen molar-refractivity contribution in [3.63, 3.8) is 0 Å². The summed E-state index contributed by atoms with van der Waals surface area (Å²) < 4.78 is 31.1. The number of rotatable bonds is 5. The molecule has 0 bridgehead atoms. The molecule has 1 N–H and O–H groups in total. The third kappa shape index (κ3) is 3.76. The average molecular weight is 264 g/mol. The SMILES string of the molecule is OC(CCOc1ccc(F)cc1F)c1ccccc1. The van der Waals surface area contributed by atoms with Crippen molar-refractivity contribution < 1.29 is 18.6 Å². The van der Waals surface area contributed by atoms with Crippen LogP contribution in [0.5, 0.6) is 5.75 Å². The van der Waals surface area contributed by atoms with Crippen LogP contribution < -0.4 is 4.74 Å². The van der Waals surface area contributed by atoms with Crippen LogP contribution >= 0.6 is 0 Å². The normalized spacial score (nSPS) is 12.2. The number of aliphatic hydroxyl groups is 1. The van der Waals surface area contributed by atoms with Gasteiger partial charge in [0.2, 0.25) is 0 Å². The van der Waals surface area contributed by atoms with Crippen LogP contribution in [0.3, 0.4) is 0 Å². The van der Waals surface area contributed by atoms with Crippen LogP contribution in [0.25, 0.3) is 0 Å². The Bertz CT molecular complexity index is 529. The first-order valence-electron chi connectivity index (χ1n) is 5.97. The molecule has 0 amide bonds. The van der Waals surface area contributed by atoms with Crippen LogP contribution in [0, 0.1) is 11.6 Å². The van der Waals surface area contributed by atoms with Gasteiger partial charge in [-0.2, -0.15) is 0 Å². The number of hydrogen-bond acceptors (Lipinski definition) is 2. The molecule has 0 aliphatic carbocycles. The molecule has 0 spiro atoms. The van der Waals surface area contributed by atoms with E-state index in [9.17, 15) is 13.9 Å². The Morgan fingerprint density at radius 3 is 2.47 bits per heavy atom. The predicted octanol–water partition coefficient (Wildman–Crippen LogP) is 3.47. The summed E-state index contributed by atoms with van der Waals surface area (Å²) in [6.07, 6.45) is -0.328. The molecule has 2 aromatic carbocycles. The monoisotopic (exact) mass is 264 g/mol. The molecule has 0 saturated carbocycles. The summed E-state index contributed by atoms with van der Waals surface area (Å²) in [5.41, 5.74) is 0.783. The molecule has 0 aliphatic rings. The van der Waals surface area contributed by atoms with Crippen molar-refractivity contribution in [2.24, 2.45) is 0 Å². The number of hydrogen-bond donors (Lipinski definition) is 1. The van der Waals surface area contributed by atoms with Crippen molar-refractivity contribution in [3.05, 3.63) is 65.7 Å². The van der Waals surface area contributed by atoms with Gasteiger partial charge in [0.05, 0.1) is 12.7 Å². The third-order valence-electron chi connectivity index (χ3n) is 2.73. The third-order valence-corrected chi connectivity index (χ3v) is 2.73. The lowest BCUT2D eigenvalue weighted by molar-refractivity contribution is 0.139. The van der Waals surface area contributed by atoms with Gasteiger partial charge in [-0.15, -0.1) is 0 Å². The molecule has 1 atom stereocenters. The zero-order chi connectivity index (χ0) is 13.7. The maximum absolute atomic E-state index is 13.3. The lowest BCUT2D eigenvalue weighted by atomic mass is 10.1. The smallest absolute Gasteiger partial charge is 0.167 e. The first kappa shape index (κ1) is 13.5. The summed E-state index contributed by atoms with van der Waals surface area (Å²) in [4.78, 5) is 0. The summed E-state index contributed by atoms with van der Waals surface area (Å²) >= 11 is 0. The molecule has 19 heavy (non-hydrogen) atoms. The molecule has 0 fully saturated rings. The van der Waals surface area contributed by atoms with Crippen LogP contribution in [-0.4, -0.2) is 11.7 Å². The number of aliphatic hydroxyl groups excluding tert-OH is 1. The molecule has 0 heterocycles. The Kier molecular flexibility index (Phi) is 4.47. The molecule has 4 heteroatoms. The van der Waals surface area contributed by atoms with E-state index in [1.165, 1.54) is 6.07 Å². The van der Waals surface area contributed by atoms with Crippen LogP contribution in [-0.2, 0) is 0 Å². The number of ether oxygens (including phenoxy) is 1. The highest BCUT2D eigenvalue weighted by Gasteiger charge is 2.09. The topological polar surface area (TPSA) is 29.5 Å². The van der Waals surface area contributed by atoms with Crippen LogP contribution in [0.2, 0.25) is 0 Å². The minimum Gasteiger partial charge on any atom is -0.490 e. The number of benzene rings is 2. The zero-order valence-electron chi connectivity index (χ0n) is 10.2. The minimum atomic E-state index is -0.741. The van der Waals surface area contributed by atoms with Crippen molar-refractivity contribution in [1.29, 1.82) is 0 Å². The van der Waals surface area contributed by atoms with Gasteiger partial charge in [0.15, 0.2) is 11.6 Å². The Labute approximate surface area is 110 Å². The van der Waals surface area contributed by atoms with Gasteiger partial charge in [0.25, 0.3) is 0 Å². The molecule has 0 aliphatic heterocycles. The second-order valence-corrected chi connectivity index (χ2v) is 4.14. The van der Waals surface area contributed by atoms with Gasteiger partial charge >= 0.3 is 0 Å². The van der Waals surface area contributed by atoms with E-state index in [-0.39, 0.29) is 12.4 Å². The molecule has 0 aromatic heterocycles. The van der Waals surface area contributed by atoms with E-state index >= 15 is 0 Å². The summed E-state index contributed by atoms with van der Waals surface area (Å²) in [6, 6.07) is 12.3. The highest BCUT2D eigenvalue weighted by atomic mass is 19.1. The fourth-order valence-corrected chi connectivity index (χ4v) is 1.71. The fraction of sp³-hybridized carbons (Fsp3) is 0.200. The predicted molar refractivity (Wildman–Crippen MR) is 67.9 cm³/mol. The van der Waals surface area contributed by atoms with E-state index < -0.39 is 17.7 Å². The molecule has 2 nitrogen and oxygen atoms in total. The van der Waals surface area contributed by atoms with Crippen molar-refractivity contribution >= 4 is 0 Å². The maximum atomic E-state index is 13.3. The van der Waals surface area contributed by atoms with Gasteiger partial charge < -0.3 is 9.84 Å². The molecule has 100 valence electrons. The summed E-state index contributed by atoms with van der Waals surface area (Å²) in [7, 11) is 0. The number of halogens is 2. The van der Waals surface area contributed by atoms with E-state index in [1.54, 1.807) is 0 Å². The Morgan fingerprint density at radius 2 is 1.79 bits per heavy atom. The summed E-state index contributed by atoms with van der Waals surface area (Å²) in [5.74, 6) is -1.40. The Balaban J connectivity index is 1.86. The van der Waals surface area contributed by atoms with Gasteiger partial charge in [0, 0.05) is 12.5 Å². The highest BCUT2D eigenvalue weighted by molar-refractivity contribution is 5.24. The van der Waals surface area contributed by atoms with E-state index in [1.807, 2.05) is 30.3 Å². The zero-order valence-corrected chi connectivity index (χ0v) is 10.2. The fourth-order valence-electron chi connectivity index (χ4n) is 1.71. The van der Waals surface area contributed by atoms with E-state index in [0.717, 1.165) is 17.7 Å². The van der Waals surface area contributed by atoms with Crippen LogP contribution in [0.1, 0.15) is 18.1 Å². The Hall–Kier alpha value is -1.94. The van der Waals surface area contributed by atoms with Crippen molar-refractivity contribution in [1.82, 2.24) is 0 Å². The lowest BCUT2D eigenvalue weighted by Gasteiger charge is -2.12. The average Bonchev–Trinajstić information content (AvgIpc) is 2.42. The quantitative estimate of drug-likeness (QED) is 0.896. The summed E-state index contributed by atoms with van der Waals surface area (Å²) in [6.45, 7) is 0.151. The second kappa shape index (κ2) is 6.29. The molecule has 1 unspecified atom stereocenters. The van der Waals surface area contributed by atoms with Crippen LogP contribution in [0.4, 0.5) is 8.78 Å². The standard InChI is InChI=1S/C15H14F2O2/c16-12-6-7-15(13(17)10-12)19-9-8-14(18)11-4-2-1-3-5-11/h1-7,10,14,18H,8-9H2. The van der Waals surface area contributed by atoms with Gasteiger partial charge in [-0.3, -0.25) is 0 Å². The second-order valence-electron chi connectivity index (χ2n) is 4.14.